The van der Waals surface area contributed by atoms with Crippen molar-refractivity contribution in [3.05, 3.63) is 35.4 Å². The highest BCUT2D eigenvalue weighted by Gasteiger charge is 2.45. The zero-order chi connectivity index (χ0) is 12.0. The van der Waals surface area contributed by atoms with Gasteiger partial charge in [0.25, 0.3) is 0 Å². The van der Waals surface area contributed by atoms with Gasteiger partial charge in [-0.15, -0.1) is 0 Å². The number of carbonyl (C=O) groups is 1. The number of benzene rings is 1. The van der Waals surface area contributed by atoms with E-state index in [4.69, 9.17) is 0 Å². The summed E-state index contributed by atoms with van der Waals surface area (Å²) in [4.78, 5) is 14.5. The average Bonchev–Trinajstić information content (AvgIpc) is 2.84. The Labute approximate surface area is 103 Å². The van der Waals surface area contributed by atoms with Gasteiger partial charge in [0, 0.05) is 6.42 Å². The monoisotopic (exact) mass is 229 g/mol. The van der Waals surface area contributed by atoms with E-state index in [9.17, 15) is 4.79 Å². The van der Waals surface area contributed by atoms with Crippen molar-refractivity contribution in [2.45, 2.75) is 45.2 Å². The zero-order valence-electron chi connectivity index (χ0n) is 10.5. The summed E-state index contributed by atoms with van der Waals surface area (Å²) < 4.78 is 0. The summed E-state index contributed by atoms with van der Waals surface area (Å²) in [5.74, 6) is 0.786. The molecule has 2 unspecified atom stereocenters. The number of carbonyl (C=O) groups excluding carboxylic acids is 1. The van der Waals surface area contributed by atoms with Gasteiger partial charge in [-0.3, -0.25) is 4.79 Å². The van der Waals surface area contributed by atoms with Crippen LogP contribution in [0.4, 0.5) is 0 Å². The van der Waals surface area contributed by atoms with Crippen LogP contribution in [0.15, 0.2) is 24.3 Å². The normalized spacial score (nSPS) is 25.5. The van der Waals surface area contributed by atoms with Crippen LogP contribution in [0.2, 0.25) is 0 Å². The van der Waals surface area contributed by atoms with Gasteiger partial charge in [-0.05, 0) is 29.9 Å². The van der Waals surface area contributed by atoms with E-state index in [0.29, 0.717) is 30.3 Å². The Kier molecular flexibility index (Phi) is 2.46. The molecule has 1 fully saturated rings. The fraction of sp³-hybridized carbons (Fsp3) is 0.533. The van der Waals surface area contributed by atoms with Crippen LogP contribution in [0.5, 0.6) is 0 Å². The highest BCUT2D eigenvalue weighted by molar-refractivity contribution is 5.79. The Morgan fingerprint density at radius 1 is 1.24 bits per heavy atom. The van der Waals surface area contributed by atoms with Crippen molar-refractivity contribution in [1.29, 1.82) is 0 Å². The lowest BCUT2D eigenvalue weighted by Gasteiger charge is -2.23. The summed E-state index contributed by atoms with van der Waals surface area (Å²) in [6.45, 7) is 4.23. The molecule has 2 bridgehead atoms. The fourth-order valence-corrected chi connectivity index (χ4v) is 3.34. The first-order valence-electron chi connectivity index (χ1n) is 6.58. The molecule has 0 N–H and O–H groups in total. The van der Waals surface area contributed by atoms with Crippen molar-refractivity contribution in [3.63, 3.8) is 0 Å². The maximum atomic E-state index is 12.3. The molecule has 2 heteroatoms. The molecule has 1 amide bonds. The number of nitrogens with zero attached hydrogens (tertiary/aromatic N) is 1. The molecule has 90 valence electrons. The molecule has 3 rings (SSSR count). The second-order valence-electron chi connectivity index (χ2n) is 5.64. The molecule has 1 aromatic carbocycles. The van der Waals surface area contributed by atoms with E-state index in [2.05, 4.69) is 43.0 Å². The maximum Gasteiger partial charge on any atom is 0.223 e. The molecular formula is C15H19NO. The zero-order valence-corrected chi connectivity index (χ0v) is 10.5. The molecule has 0 saturated carbocycles. The summed E-state index contributed by atoms with van der Waals surface area (Å²) in [5.41, 5.74) is 2.78. The third-order valence-electron chi connectivity index (χ3n) is 3.97. The van der Waals surface area contributed by atoms with Crippen LogP contribution < -0.4 is 0 Å². The van der Waals surface area contributed by atoms with Gasteiger partial charge in [0.2, 0.25) is 5.91 Å². The minimum Gasteiger partial charge on any atom is -0.329 e. The molecule has 1 saturated heterocycles. The van der Waals surface area contributed by atoms with Crippen molar-refractivity contribution in [2.24, 2.45) is 5.92 Å². The number of rotatable bonds is 2. The molecule has 0 aliphatic carbocycles. The first-order chi connectivity index (χ1) is 8.18. The summed E-state index contributed by atoms with van der Waals surface area (Å²) in [6.07, 6.45) is 2.97. The fourth-order valence-electron chi connectivity index (χ4n) is 3.34. The van der Waals surface area contributed by atoms with E-state index in [1.807, 2.05) is 0 Å². The van der Waals surface area contributed by atoms with Crippen LogP contribution in [0.25, 0.3) is 0 Å². The van der Waals surface area contributed by atoms with E-state index < -0.39 is 0 Å². The van der Waals surface area contributed by atoms with E-state index >= 15 is 0 Å². The maximum absolute atomic E-state index is 12.3. The summed E-state index contributed by atoms with van der Waals surface area (Å²) in [5, 5.41) is 0. The molecule has 0 spiro atoms. The van der Waals surface area contributed by atoms with Crippen LogP contribution >= 0.6 is 0 Å². The van der Waals surface area contributed by atoms with E-state index in [1.54, 1.807) is 0 Å². The summed E-state index contributed by atoms with van der Waals surface area (Å²) >= 11 is 0. The number of fused-ring (bicyclic) bond motifs is 5. The van der Waals surface area contributed by atoms with Crippen molar-refractivity contribution < 1.29 is 4.79 Å². The van der Waals surface area contributed by atoms with Crippen molar-refractivity contribution in [2.75, 3.05) is 0 Å². The van der Waals surface area contributed by atoms with Crippen molar-refractivity contribution in [3.8, 4) is 0 Å². The van der Waals surface area contributed by atoms with Crippen molar-refractivity contribution in [1.82, 2.24) is 4.90 Å². The molecule has 2 nitrogen and oxygen atoms in total. The predicted octanol–water partition coefficient (Wildman–Crippen LogP) is 3.45. The summed E-state index contributed by atoms with van der Waals surface area (Å²) in [7, 11) is 0. The average molecular weight is 229 g/mol. The minimum absolute atomic E-state index is 0.337. The van der Waals surface area contributed by atoms with Gasteiger partial charge in [0.05, 0.1) is 12.1 Å². The van der Waals surface area contributed by atoms with Crippen LogP contribution in [0, 0.1) is 5.92 Å². The number of amides is 1. The third-order valence-corrected chi connectivity index (χ3v) is 3.97. The Bertz CT molecular complexity index is 421. The topological polar surface area (TPSA) is 20.3 Å². The standard InChI is InChI=1S/C15H19NO/c1-10(2)9-15(17)16-13-7-8-14(16)12-6-4-3-5-11(12)13/h3-6,10,13-14H,7-9H2,1-2H3. The second-order valence-corrected chi connectivity index (χ2v) is 5.64. The van der Waals surface area contributed by atoms with E-state index in [1.165, 1.54) is 11.1 Å². The van der Waals surface area contributed by atoms with Crippen LogP contribution in [0.3, 0.4) is 0 Å². The van der Waals surface area contributed by atoms with Gasteiger partial charge in [0.15, 0.2) is 0 Å². The van der Waals surface area contributed by atoms with Gasteiger partial charge in [-0.2, -0.15) is 0 Å². The SMILES string of the molecule is CC(C)CC(=O)N1C2CCC1c1ccccc12. The smallest absolute Gasteiger partial charge is 0.223 e. The molecule has 0 radical (unpaired) electrons. The van der Waals surface area contributed by atoms with Gasteiger partial charge in [-0.25, -0.2) is 0 Å². The number of hydrogen-bond acceptors (Lipinski definition) is 1. The molecular weight excluding hydrogens is 210 g/mol. The van der Waals surface area contributed by atoms with E-state index in [-0.39, 0.29) is 0 Å². The van der Waals surface area contributed by atoms with Crippen LogP contribution in [-0.2, 0) is 4.79 Å². The van der Waals surface area contributed by atoms with Gasteiger partial charge < -0.3 is 4.90 Å². The van der Waals surface area contributed by atoms with Crippen molar-refractivity contribution >= 4 is 5.91 Å². The lowest BCUT2D eigenvalue weighted by atomic mass is 9.92. The molecule has 2 aliphatic rings. The highest BCUT2D eigenvalue weighted by atomic mass is 16.2. The highest BCUT2D eigenvalue weighted by Crippen LogP contribution is 2.53. The lowest BCUT2D eigenvalue weighted by molar-refractivity contribution is -0.134. The number of hydrogen-bond donors (Lipinski definition) is 0. The first kappa shape index (κ1) is 10.8. The molecule has 2 aliphatic heterocycles. The Hall–Kier alpha value is -1.31. The second kappa shape index (κ2) is 3.86. The molecule has 17 heavy (non-hydrogen) atoms. The Morgan fingerprint density at radius 3 is 2.24 bits per heavy atom. The molecule has 1 aromatic rings. The lowest BCUT2D eigenvalue weighted by Crippen LogP contribution is -2.28. The third kappa shape index (κ3) is 1.58. The largest absolute Gasteiger partial charge is 0.329 e. The van der Waals surface area contributed by atoms with Gasteiger partial charge in [-0.1, -0.05) is 38.1 Å². The van der Waals surface area contributed by atoms with Crippen LogP contribution in [0.1, 0.15) is 56.3 Å². The van der Waals surface area contributed by atoms with Gasteiger partial charge >= 0.3 is 0 Å². The molecule has 0 aromatic heterocycles. The first-order valence-corrected chi connectivity index (χ1v) is 6.58. The minimum atomic E-state index is 0.337. The Balaban J connectivity index is 1.90. The summed E-state index contributed by atoms with van der Waals surface area (Å²) in [6, 6.07) is 9.28. The van der Waals surface area contributed by atoms with E-state index in [0.717, 1.165) is 12.8 Å². The predicted molar refractivity (Wildman–Crippen MR) is 67.5 cm³/mol. The molecule has 2 heterocycles. The Morgan fingerprint density at radius 2 is 1.76 bits per heavy atom. The quantitative estimate of drug-likeness (QED) is 0.760. The van der Waals surface area contributed by atoms with Crippen LogP contribution in [-0.4, -0.2) is 10.8 Å². The molecule has 2 atom stereocenters. The van der Waals surface area contributed by atoms with Gasteiger partial charge in [0.1, 0.15) is 0 Å².